The van der Waals surface area contributed by atoms with Crippen molar-refractivity contribution in [1.29, 1.82) is 0 Å². The summed E-state index contributed by atoms with van der Waals surface area (Å²) in [7, 11) is 0. The second-order valence-corrected chi connectivity index (χ2v) is 3.61. The first-order valence-corrected chi connectivity index (χ1v) is 4.91. The minimum atomic E-state index is 0.870. The Morgan fingerprint density at radius 1 is 1.46 bits per heavy atom. The monoisotopic (exact) mass is 177 g/mol. The Kier molecular flexibility index (Phi) is 2.87. The number of rotatable bonds is 5. The number of hydrogen-bond donors (Lipinski definition) is 1. The first-order valence-electron chi connectivity index (χ1n) is 4.91. The van der Waals surface area contributed by atoms with Crippen LogP contribution in [0.5, 0.6) is 0 Å². The molecule has 0 aliphatic heterocycles. The first-order chi connectivity index (χ1) is 6.45. The highest BCUT2D eigenvalue weighted by molar-refractivity contribution is 4.96. The van der Waals surface area contributed by atoms with E-state index < -0.39 is 0 Å². The summed E-state index contributed by atoms with van der Waals surface area (Å²) >= 11 is 0. The predicted octanol–water partition coefficient (Wildman–Crippen LogP) is 1.37. The number of aromatic nitrogens is 2. The fourth-order valence-corrected chi connectivity index (χ4v) is 1.35. The van der Waals surface area contributed by atoms with Crippen LogP contribution in [0.3, 0.4) is 0 Å². The van der Waals surface area contributed by atoms with Gasteiger partial charge in [-0.05, 0) is 24.9 Å². The summed E-state index contributed by atoms with van der Waals surface area (Å²) < 4.78 is 0. The Bertz CT molecular complexity index is 244. The molecular formula is C10H15N3. The zero-order valence-corrected chi connectivity index (χ0v) is 7.74. The summed E-state index contributed by atoms with van der Waals surface area (Å²) in [6, 6.07) is 1.95. The van der Waals surface area contributed by atoms with E-state index in [1.807, 2.05) is 6.07 Å². The number of nitrogens with zero attached hydrogens (tertiary/aromatic N) is 2. The highest BCUT2D eigenvalue weighted by Crippen LogP contribution is 2.31. The molecule has 0 radical (unpaired) electrons. The first kappa shape index (κ1) is 8.63. The Morgan fingerprint density at radius 2 is 2.38 bits per heavy atom. The molecular weight excluding hydrogens is 162 g/mol. The lowest BCUT2D eigenvalue weighted by Crippen LogP contribution is -2.15. The molecule has 1 aliphatic carbocycles. The third-order valence-electron chi connectivity index (χ3n) is 2.38. The maximum absolute atomic E-state index is 4.14. The van der Waals surface area contributed by atoms with Gasteiger partial charge in [-0.25, -0.2) is 9.97 Å². The Morgan fingerprint density at radius 3 is 3.08 bits per heavy atom. The summed E-state index contributed by atoms with van der Waals surface area (Å²) in [5.41, 5.74) is 1.07. The quantitative estimate of drug-likeness (QED) is 0.690. The highest BCUT2D eigenvalue weighted by Gasteiger charge is 2.19. The average Bonchev–Trinajstić information content (AvgIpc) is 2.98. The third kappa shape index (κ3) is 3.11. The van der Waals surface area contributed by atoms with Crippen LogP contribution >= 0.6 is 0 Å². The number of hydrogen-bond acceptors (Lipinski definition) is 3. The van der Waals surface area contributed by atoms with Gasteiger partial charge in [0.2, 0.25) is 0 Å². The lowest BCUT2D eigenvalue weighted by Gasteiger charge is -2.02. The summed E-state index contributed by atoms with van der Waals surface area (Å²) in [5.74, 6) is 1.01. The van der Waals surface area contributed by atoms with Gasteiger partial charge in [0.1, 0.15) is 6.33 Å². The third-order valence-corrected chi connectivity index (χ3v) is 2.38. The molecule has 1 N–H and O–H groups in total. The van der Waals surface area contributed by atoms with Gasteiger partial charge in [-0.2, -0.15) is 0 Å². The van der Waals surface area contributed by atoms with E-state index in [4.69, 9.17) is 0 Å². The molecule has 0 aromatic carbocycles. The maximum Gasteiger partial charge on any atom is 0.115 e. The fourth-order valence-electron chi connectivity index (χ4n) is 1.35. The van der Waals surface area contributed by atoms with E-state index in [1.54, 1.807) is 12.5 Å². The van der Waals surface area contributed by atoms with Gasteiger partial charge < -0.3 is 5.32 Å². The second kappa shape index (κ2) is 4.33. The zero-order chi connectivity index (χ0) is 8.93. The van der Waals surface area contributed by atoms with E-state index in [1.165, 1.54) is 19.3 Å². The smallest absolute Gasteiger partial charge is 0.115 e. The molecule has 0 unspecified atom stereocenters. The van der Waals surface area contributed by atoms with Crippen molar-refractivity contribution in [2.24, 2.45) is 5.92 Å². The van der Waals surface area contributed by atoms with Crippen LogP contribution in [0.4, 0.5) is 0 Å². The molecule has 1 fully saturated rings. The molecule has 13 heavy (non-hydrogen) atoms. The van der Waals surface area contributed by atoms with Crippen LogP contribution < -0.4 is 5.32 Å². The van der Waals surface area contributed by atoms with Crippen LogP contribution in [0.15, 0.2) is 18.6 Å². The Balaban J connectivity index is 1.61. The Labute approximate surface area is 78.6 Å². The van der Waals surface area contributed by atoms with Crippen molar-refractivity contribution in [2.75, 3.05) is 6.54 Å². The van der Waals surface area contributed by atoms with E-state index in [-0.39, 0.29) is 0 Å². The van der Waals surface area contributed by atoms with Crippen molar-refractivity contribution in [1.82, 2.24) is 15.3 Å². The van der Waals surface area contributed by atoms with Gasteiger partial charge in [0.15, 0.2) is 0 Å². The van der Waals surface area contributed by atoms with Crippen molar-refractivity contribution >= 4 is 0 Å². The normalized spacial score (nSPS) is 16.0. The van der Waals surface area contributed by atoms with Gasteiger partial charge in [0, 0.05) is 12.7 Å². The molecule has 1 aromatic heterocycles. The van der Waals surface area contributed by atoms with Crippen LogP contribution in [0.25, 0.3) is 0 Å². The number of nitrogens with one attached hydrogen (secondary N) is 1. The maximum atomic E-state index is 4.14. The molecule has 3 heteroatoms. The second-order valence-electron chi connectivity index (χ2n) is 3.61. The van der Waals surface area contributed by atoms with Gasteiger partial charge in [-0.3, -0.25) is 0 Å². The van der Waals surface area contributed by atoms with E-state index in [0.717, 1.165) is 24.7 Å². The van der Waals surface area contributed by atoms with Crippen molar-refractivity contribution in [3.63, 3.8) is 0 Å². The zero-order valence-electron chi connectivity index (χ0n) is 7.74. The van der Waals surface area contributed by atoms with E-state index in [9.17, 15) is 0 Å². The molecule has 0 saturated heterocycles. The summed E-state index contributed by atoms with van der Waals surface area (Å²) in [5, 5.41) is 3.38. The van der Waals surface area contributed by atoms with E-state index in [2.05, 4.69) is 15.3 Å². The molecule has 0 atom stereocenters. The predicted molar refractivity (Wildman–Crippen MR) is 51.1 cm³/mol. The largest absolute Gasteiger partial charge is 0.311 e. The Hall–Kier alpha value is -0.960. The molecule has 2 rings (SSSR count). The van der Waals surface area contributed by atoms with Crippen LogP contribution in [0, 0.1) is 5.92 Å². The molecule has 1 heterocycles. The average molecular weight is 177 g/mol. The van der Waals surface area contributed by atoms with E-state index >= 15 is 0 Å². The van der Waals surface area contributed by atoms with Crippen LogP contribution in [0.1, 0.15) is 25.0 Å². The molecule has 70 valence electrons. The SMILES string of the molecule is c1cc(CNCCC2CC2)ncn1. The molecule has 3 nitrogen and oxygen atoms in total. The standard InChI is InChI=1S/C10H15N3/c1-2-9(1)3-5-11-7-10-4-6-12-8-13-10/h4,6,8-9,11H,1-3,5,7H2. The molecule has 0 spiro atoms. The molecule has 0 bridgehead atoms. The topological polar surface area (TPSA) is 37.8 Å². The summed E-state index contributed by atoms with van der Waals surface area (Å²) in [4.78, 5) is 8.01. The van der Waals surface area contributed by atoms with Gasteiger partial charge in [0.25, 0.3) is 0 Å². The van der Waals surface area contributed by atoms with E-state index in [0.29, 0.717) is 0 Å². The van der Waals surface area contributed by atoms with Crippen molar-refractivity contribution < 1.29 is 0 Å². The van der Waals surface area contributed by atoms with Crippen molar-refractivity contribution in [2.45, 2.75) is 25.8 Å². The van der Waals surface area contributed by atoms with Gasteiger partial charge in [-0.15, -0.1) is 0 Å². The lowest BCUT2D eigenvalue weighted by atomic mass is 10.3. The fraction of sp³-hybridized carbons (Fsp3) is 0.600. The molecule has 0 amide bonds. The van der Waals surface area contributed by atoms with Crippen molar-refractivity contribution in [3.8, 4) is 0 Å². The molecule has 1 aromatic rings. The van der Waals surface area contributed by atoms with Gasteiger partial charge in [0.05, 0.1) is 5.69 Å². The van der Waals surface area contributed by atoms with Crippen LogP contribution in [-0.4, -0.2) is 16.5 Å². The molecule has 1 aliphatic rings. The summed E-state index contributed by atoms with van der Waals surface area (Å²) in [6.07, 6.45) is 7.58. The lowest BCUT2D eigenvalue weighted by molar-refractivity contribution is 0.606. The minimum absolute atomic E-state index is 0.870. The molecule has 1 saturated carbocycles. The minimum Gasteiger partial charge on any atom is -0.311 e. The highest BCUT2D eigenvalue weighted by atomic mass is 14.9. The van der Waals surface area contributed by atoms with Gasteiger partial charge >= 0.3 is 0 Å². The van der Waals surface area contributed by atoms with Gasteiger partial charge in [-0.1, -0.05) is 12.8 Å². The van der Waals surface area contributed by atoms with Crippen molar-refractivity contribution in [3.05, 3.63) is 24.3 Å². The van der Waals surface area contributed by atoms with Crippen LogP contribution in [0.2, 0.25) is 0 Å². The van der Waals surface area contributed by atoms with Crippen LogP contribution in [-0.2, 0) is 6.54 Å². The summed E-state index contributed by atoms with van der Waals surface area (Å²) in [6.45, 7) is 1.99.